The van der Waals surface area contributed by atoms with Gasteiger partial charge in [-0.2, -0.15) is 0 Å². The van der Waals surface area contributed by atoms with E-state index in [2.05, 4.69) is 54.2 Å². The topological polar surface area (TPSA) is 72.9 Å². The Kier molecular flexibility index (Phi) is 8.97. The van der Waals surface area contributed by atoms with E-state index in [4.69, 9.17) is 23.7 Å². The van der Waals surface area contributed by atoms with E-state index in [0.717, 1.165) is 55.5 Å². The number of halogens is 1. The number of benzene rings is 4. The van der Waals surface area contributed by atoms with Crippen molar-refractivity contribution in [3.8, 4) is 46.0 Å². The van der Waals surface area contributed by atoms with Crippen molar-refractivity contribution in [3.05, 3.63) is 94.0 Å². The molecule has 0 unspecified atom stereocenters. The van der Waals surface area contributed by atoms with Gasteiger partial charge in [0.05, 0.1) is 21.3 Å². The second-order valence-corrected chi connectivity index (χ2v) is 12.3. The van der Waals surface area contributed by atoms with E-state index in [0.29, 0.717) is 40.2 Å². The van der Waals surface area contributed by atoms with E-state index < -0.39 is 0 Å². The molecule has 6 bridgehead atoms. The number of aromatic hydroxyl groups is 1. The fourth-order valence-corrected chi connectivity index (χ4v) is 7.11. The van der Waals surface area contributed by atoms with Crippen LogP contribution in [0.2, 0.25) is 0 Å². The molecule has 2 atom stereocenters. The minimum Gasteiger partial charge on any atom is -0.504 e. The molecule has 4 heterocycles. The Balaban J connectivity index is 0.00000372. The molecule has 0 spiro atoms. The van der Waals surface area contributed by atoms with Gasteiger partial charge in [0.2, 0.25) is 5.75 Å². The molecule has 4 aromatic carbocycles. The largest absolute Gasteiger partial charge is 0.504 e. The molecule has 4 aliphatic rings. The second kappa shape index (κ2) is 12.9. The fraction of sp³-hybridized carbons (Fsp3) is 0.351. The second-order valence-electron chi connectivity index (χ2n) is 12.3. The molecule has 1 N–H and O–H groups in total. The number of methoxy groups -OCH3 is 3. The van der Waals surface area contributed by atoms with E-state index >= 15 is 0 Å². The zero-order chi connectivity index (χ0) is 31.2. The first-order chi connectivity index (χ1) is 21.9. The summed E-state index contributed by atoms with van der Waals surface area (Å²) in [6, 6.07) is 20.2. The predicted octanol–water partition coefficient (Wildman–Crippen LogP) is 7.28. The maximum atomic E-state index is 10.7. The normalized spacial score (nSPS) is 19.0. The molecule has 242 valence electrons. The Hall–Kier alpha value is -4.11. The van der Waals surface area contributed by atoms with Gasteiger partial charge in [-0.05, 0) is 110 Å². The molecule has 0 fully saturated rings. The maximum Gasteiger partial charge on any atom is 0.204 e. The van der Waals surface area contributed by atoms with Gasteiger partial charge in [0, 0.05) is 30.7 Å². The molecule has 8 rings (SSSR count). The smallest absolute Gasteiger partial charge is 0.204 e. The standard InChI is InChI=1S/C37H40N2O6.ClH/c1-38-14-12-24-19-32(41-3)33-21-27(24)28(38)17-23-8-11-30(40)31(18-23)44-26-9-6-22(7-10-26)16-29-35-25(13-15-39(29)2)20-34(42-4)36(43-5)37(35)45-33;/h6-11,18-21,28-29,40H,12-17H2,1-5H3;1H/t28-,29+;/m1./s1. The van der Waals surface area contributed by atoms with Crippen molar-refractivity contribution in [2.24, 2.45) is 0 Å². The van der Waals surface area contributed by atoms with Crippen molar-refractivity contribution < 1.29 is 28.8 Å². The SMILES string of the molecule is COc1cc2c3cc1Oc1c(OC)c(OC)cc4c1[C@H](Cc1ccc(cc1)Oc1cc(ccc1O)C[C@H]3N(C)CC2)N(C)CC4.Cl. The van der Waals surface area contributed by atoms with Crippen LogP contribution in [0.25, 0.3) is 0 Å². The molecular weight excluding hydrogens is 604 g/mol. The van der Waals surface area contributed by atoms with E-state index in [1.54, 1.807) is 27.4 Å². The van der Waals surface area contributed by atoms with Crippen molar-refractivity contribution in [2.45, 2.75) is 37.8 Å². The molecule has 0 saturated carbocycles. The molecule has 0 radical (unpaired) electrons. The lowest BCUT2D eigenvalue weighted by Gasteiger charge is -2.37. The number of ether oxygens (including phenoxy) is 5. The van der Waals surface area contributed by atoms with Gasteiger partial charge in [0.25, 0.3) is 0 Å². The number of phenolic OH excluding ortho intramolecular Hbond substituents is 1. The molecule has 4 aromatic rings. The lowest BCUT2D eigenvalue weighted by atomic mass is 9.87. The summed E-state index contributed by atoms with van der Waals surface area (Å²) in [5.41, 5.74) is 6.93. The number of rotatable bonds is 3. The Bertz CT molecular complexity index is 1740. The Morgan fingerprint density at radius 1 is 0.696 bits per heavy atom. The Morgan fingerprint density at radius 3 is 2.07 bits per heavy atom. The van der Waals surface area contributed by atoms with Gasteiger partial charge in [-0.25, -0.2) is 0 Å². The molecule has 0 aliphatic carbocycles. The van der Waals surface area contributed by atoms with Gasteiger partial charge in [-0.15, -0.1) is 12.4 Å². The lowest BCUT2D eigenvalue weighted by Crippen LogP contribution is -2.34. The van der Waals surface area contributed by atoms with Gasteiger partial charge in [-0.1, -0.05) is 18.2 Å². The average molecular weight is 645 g/mol. The van der Waals surface area contributed by atoms with E-state index in [9.17, 15) is 5.11 Å². The lowest BCUT2D eigenvalue weighted by molar-refractivity contribution is 0.220. The first kappa shape index (κ1) is 31.9. The van der Waals surface area contributed by atoms with Crippen LogP contribution in [-0.2, 0) is 25.7 Å². The highest BCUT2D eigenvalue weighted by atomic mass is 35.5. The average Bonchev–Trinajstić information content (AvgIpc) is 3.05. The van der Waals surface area contributed by atoms with Crippen molar-refractivity contribution >= 4 is 12.4 Å². The van der Waals surface area contributed by atoms with Crippen LogP contribution in [0.1, 0.15) is 45.5 Å². The fourth-order valence-electron chi connectivity index (χ4n) is 7.11. The van der Waals surface area contributed by atoms with Crippen LogP contribution in [0.15, 0.2) is 60.7 Å². The van der Waals surface area contributed by atoms with Crippen molar-refractivity contribution in [1.82, 2.24) is 9.80 Å². The van der Waals surface area contributed by atoms with Crippen LogP contribution < -0.4 is 23.7 Å². The first-order valence-corrected chi connectivity index (χ1v) is 15.5. The van der Waals surface area contributed by atoms with Crippen LogP contribution in [0.3, 0.4) is 0 Å². The highest BCUT2D eigenvalue weighted by molar-refractivity contribution is 5.85. The number of phenols is 1. The number of hydrogen-bond donors (Lipinski definition) is 1. The summed E-state index contributed by atoms with van der Waals surface area (Å²) in [5, 5.41) is 10.7. The molecular formula is C37H41ClN2O6. The molecule has 0 amide bonds. The number of nitrogens with zero attached hydrogens (tertiary/aromatic N) is 2. The van der Waals surface area contributed by atoms with Gasteiger partial charge >= 0.3 is 0 Å². The summed E-state index contributed by atoms with van der Waals surface area (Å²) >= 11 is 0. The zero-order valence-corrected chi connectivity index (χ0v) is 27.8. The van der Waals surface area contributed by atoms with E-state index in [1.807, 2.05) is 24.3 Å². The van der Waals surface area contributed by atoms with Crippen LogP contribution in [0, 0.1) is 0 Å². The molecule has 0 aromatic heterocycles. The third-order valence-electron chi connectivity index (χ3n) is 9.64. The van der Waals surface area contributed by atoms with Gasteiger partial charge < -0.3 is 28.8 Å². The Morgan fingerprint density at radius 2 is 1.35 bits per heavy atom. The van der Waals surface area contributed by atoms with Crippen LogP contribution >= 0.6 is 12.4 Å². The number of hydrogen-bond acceptors (Lipinski definition) is 8. The quantitative estimate of drug-likeness (QED) is 0.250. The van der Waals surface area contributed by atoms with Gasteiger partial charge in [0.1, 0.15) is 5.75 Å². The summed E-state index contributed by atoms with van der Waals surface area (Å²) < 4.78 is 31.0. The number of likely N-dealkylation sites (N-methyl/N-ethyl adjacent to an activating group) is 2. The number of fused-ring (bicyclic) bond motifs is 2. The molecule has 46 heavy (non-hydrogen) atoms. The van der Waals surface area contributed by atoms with Gasteiger partial charge in [0.15, 0.2) is 34.5 Å². The van der Waals surface area contributed by atoms with Crippen molar-refractivity contribution in [3.63, 3.8) is 0 Å². The molecule has 9 heteroatoms. The zero-order valence-electron chi connectivity index (χ0n) is 27.0. The molecule has 0 saturated heterocycles. The molecule has 4 aliphatic heterocycles. The molecule has 8 nitrogen and oxygen atoms in total. The summed E-state index contributed by atoms with van der Waals surface area (Å²) in [5.74, 6) is 4.44. The monoisotopic (exact) mass is 644 g/mol. The highest BCUT2D eigenvalue weighted by Crippen LogP contribution is 2.51. The Labute approximate surface area is 276 Å². The summed E-state index contributed by atoms with van der Waals surface area (Å²) in [6.07, 6.45) is 3.25. The third-order valence-corrected chi connectivity index (χ3v) is 9.64. The predicted molar refractivity (Wildman–Crippen MR) is 180 cm³/mol. The minimum absolute atomic E-state index is 0. The van der Waals surface area contributed by atoms with E-state index in [-0.39, 0.29) is 30.2 Å². The summed E-state index contributed by atoms with van der Waals surface area (Å²) in [4.78, 5) is 4.75. The minimum atomic E-state index is 0. The van der Waals surface area contributed by atoms with Crippen LogP contribution in [0.5, 0.6) is 46.0 Å². The maximum absolute atomic E-state index is 10.7. The van der Waals surface area contributed by atoms with Crippen molar-refractivity contribution in [1.29, 1.82) is 0 Å². The van der Waals surface area contributed by atoms with E-state index in [1.165, 1.54) is 16.7 Å². The van der Waals surface area contributed by atoms with Crippen LogP contribution in [0.4, 0.5) is 0 Å². The van der Waals surface area contributed by atoms with Crippen LogP contribution in [-0.4, -0.2) is 63.4 Å². The third kappa shape index (κ3) is 5.70. The summed E-state index contributed by atoms with van der Waals surface area (Å²) in [6.45, 7) is 1.82. The summed E-state index contributed by atoms with van der Waals surface area (Å²) in [7, 11) is 9.34. The van der Waals surface area contributed by atoms with Crippen molar-refractivity contribution in [2.75, 3.05) is 48.5 Å². The first-order valence-electron chi connectivity index (χ1n) is 15.5. The van der Waals surface area contributed by atoms with Gasteiger partial charge in [-0.3, -0.25) is 9.80 Å². The highest BCUT2D eigenvalue weighted by Gasteiger charge is 2.34.